The first-order valence-corrected chi connectivity index (χ1v) is 10.6. The van der Waals surface area contributed by atoms with Gasteiger partial charge in [-0.15, -0.1) is 0 Å². The molecule has 0 aliphatic heterocycles. The van der Waals surface area contributed by atoms with Crippen LogP contribution >= 0.6 is 0 Å². The highest BCUT2D eigenvalue weighted by Gasteiger charge is 2.20. The summed E-state index contributed by atoms with van der Waals surface area (Å²) in [6.45, 7) is 1.99. The average molecular weight is 411 g/mol. The van der Waals surface area contributed by atoms with Gasteiger partial charge in [0, 0.05) is 17.9 Å². The van der Waals surface area contributed by atoms with Crippen molar-refractivity contribution in [2.75, 3.05) is 18.5 Å². The van der Waals surface area contributed by atoms with Gasteiger partial charge in [-0.25, -0.2) is 4.79 Å². The zero-order valence-corrected chi connectivity index (χ0v) is 17.4. The van der Waals surface area contributed by atoms with E-state index in [0.29, 0.717) is 18.2 Å². The lowest BCUT2D eigenvalue weighted by molar-refractivity contribution is -0.156. The van der Waals surface area contributed by atoms with E-state index in [1.165, 1.54) is 19.3 Å². The molecule has 1 fully saturated rings. The molecule has 0 aromatic heterocycles. The normalized spacial score (nSPS) is 15.1. The highest BCUT2D eigenvalue weighted by molar-refractivity contribution is 5.83. The van der Waals surface area contributed by atoms with Crippen LogP contribution in [0.3, 0.4) is 0 Å². The predicted molar refractivity (Wildman–Crippen MR) is 117 cm³/mol. The Morgan fingerprint density at radius 3 is 2.33 bits per heavy atom. The van der Waals surface area contributed by atoms with Gasteiger partial charge < -0.3 is 20.1 Å². The predicted octanol–water partition coefficient (Wildman–Crippen LogP) is 4.44. The molecule has 6 heteroatoms. The van der Waals surface area contributed by atoms with Crippen LogP contribution in [0.2, 0.25) is 0 Å². The van der Waals surface area contributed by atoms with Crippen molar-refractivity contribution < 1.29 is 19.1 Å². The number of benzene rings is 2. The van der Waals surface area contributed by atoms with E-state index in [9.17, 15) is 9.59 Å². The zero-order valence-electron chi connectivity index (χ0n) is 17.4. The van der Waals surface area contributed by atoms with Crippen molar-refractivity contribution in [2.45, 2.75) is 45.1 Å². The van der Waals surface area contributed by atoms with Crippen molar-refractivity contribution in [3.8, 4) is 5.75 Å². The molecule has 0 unspecified atom stereocenters. The fourth-order valence-electron chi connectivity index (χ4n) is 3.53. The minimum absolute atomic E-state index is 0.244. The Morgan fingerprint density at radius 1 is 0.967 bits per heavy atom. The van der Waals surface area contributed by atoms with E-state index in [1.54, 1.807) is 19.1 Å². The lowest BCUT2D eigenvalue weighted by Crippen LogP contribution is -2.39. The van der Waals surface area contributed by atoms with Crippen molar-refractivity contribution >= 4 is 23.3 Å². The maximum Gasteiger partial charge on any atom is 0.344 e. The number of rotatable bonds is 9. The van der Waals surface area contributed by atoms with Crippen LogP contribution in [0, 0.1) is 5.92 Å². The number of hydrogen-bond donors (Lipinski definition) is 2. The van der Waals surface area contributed by atoms with E-state index in [4.69, 9.17) is 9.47 Å². The molecule has 0 heterocycles. The highest BCUT2D eigenvalue weighted by atomic mass is 16.6. The first-order valence-electron chi connectivity index (χ1n) is 10.6. The van der Waals surface area contributed by atoms with Crippen LogP contribution in [-0.2, 0) is 14.3 Å². The zero-order chi connectivity index (χ0) is 21.2. The second-order valence-electron chi connectivity index (χ2n) is 7.69. The standard InChI is InChI=1S/C24H30N2O4/c1-18(24(28)25-16-19-8-4-2-5-9-19)30-23(27)17-29-22-14-12-21(13-15-22)26-20-10-6-3-7-11-20/h3,6-7,10-15,18-19,26H,2,4-5,8-9,16-17H2,1H3,(H,25,28)/t18-/m1/s1. The fourth-order valence-corrected chi connectivity index (χ4v) is 3.53. The fraction of sp³-hybridized carbons (Fsp3) is 0.417. The van der Waals surface area contributed by atoms with E-state index in [2.05, 4.69) is 10.6 Å². The van der Waals surface area contributed by atoms with Gasteiger partial charge in [0.25, 0.3) is 5.91 Å². The summed E-state index contributed by atoms with van der Waals surface area (Å²) in [4.78, 5) is 24.2. The van der Waals surface area contributed by atoms with E-state index < -0.39 is 12.1 Å². The van der Waals surface area contributed by atoms with Gasteiger partial charge in [-0.05, 0) is 62.1 Å². The third-order valence-electron chi connectivity index (χ3n) is 5.24. The second-order valence-corrected chi connectivity index (χ2v) is 7.69. The van der Waals surface area contributed by atoms with Crippen LogP contribution < -0.4 is 15.4 Å². The molecule has 0 saturated heterocycles. The monoisotopic (exact) mass is 410 g/mol. The summed E-state index contributed by atoms with van der Waals surface area (Å²) >= 11 is 0. The summed E-state index contributed by atoms with van der Waals surface area (Å²) in [5.74, 6) is 0.264. The Bertz CT molecular complexity index is 802. The summed E-state index contributed by atoms with van der Waals surface area (Å²) in [6.07, 6.45) is 5.22. The summed E-state index contributed by atoms with van der Waals surface area (Å²) in [7, 11) is 0. The molecule has 1 aliphatic rings. The topological polar surface area (TPSA) is 76.7 Å². The number of anilines is 2. The molecule has 6 nitrogen and oxygen atoms in total. The van der Waals surface area contributed by atoms with Crippen molar-refractivity contribution in [1.82, 2.24) is 5.32 Å². The Balaban J connectivity index is 1.36. The lowest BCUT2D eigenvalue weighted by atomic mass is 9.89. The third kappa shape index (κ3) is 7.10. The van der Waals surface area contributed by atoms with Crippen LogP contribution in [0.1, 0.15) is 39.0 Å². The first-order chi connectivity index (χ1) is 14.6. The van der Waals surface area contributed by atoms with Gasteiger partial charge in [0.05, 0.1) is 0 Å². The maximum atomic E-state index is 12.1. The molecular formula is C24H30N2O4. The average Bonchev–Trinajstić information content (AvgIpc) is 2.78. The van der Waals surface area contributed by atoms with Gasteiger partial charge in [0.15, 0.2) is 12.7 Å². The van der Waals surface area contributed by atoms with Gasteiger partial charge in [-0.2, -0.15) is 0 Å². The van der Waals surface area contributed by atoms with Gasteiger partial charge in [0.2, 0.25) is 0 Å². The Labute approximate surface area is 178 Å². The van der Waals surface area contributed by atoms with Crippen molar-refractivity contribution in [1.29, 1.82) is 0 Å². The largest absolute Gasteiger partial charge is 0.482 e. The van der Waals surface area contributed by atoms with Crippen LogP contribution in [0.5, 0.6) is 5.75 Å². The number of amides is 1. The summed E-state index contributed by atoms with van der Waals surface area (Å²) < 4.78 is 10.7. The van der Waals surface area contributed by atoms with E-state index in [0.717, 1.165) is 24.2 Å². The Kier molecular flexibility index (Phi) is 8.12. The van der Waals surface area contributed by atoms with Gasteiger partial charge in [-0.1, -0.05) is 37.5 Å². The third-order valence-corrected chi connectivity index (χ3v) is 5.24. The number of nitrogens with one attached hydrogen (secondary N) is 2. The minimum atomic E-state index is -0.831. The molecule has 0 radical (unpaired) electrons. The second kappa shape index (κ2) is 11.2. The maximum absolute atomic E-state index is 12.1. The molecule has 0 bridgehead atoms. The summed E-state index contributed by atoms with van der Waals surface area (Å²) in [5, 5.41) is 6.17. The van der Waals surface area contributed by atoms with Crippen LogP contribution in [0.25, 0.3) is 0 Å². The summed E-state index contributed by atoms with van der Waals surface area (Å²) in [6, 6.07) is 17.1. The molecule has 3 rings (SSSR count). The van der Waals surface area contributed by atoms with Crippen LogP contribution in [-0.4, -0.2) is 31.1 Å². The lowest BCUT2D eigenvalue weighted by Gasteiger charge is -2.22. The van der Waals surface area contributed by atoms with Gasteiger partial charge in [-0.3, -0.25) is 4.79 Å². The van der Waals surface area contributed by atoms with E-state index >= 15 is 0 Å². The number of carbonyl (C=O) groups is 2. The van der Waals surface area contributed by atoms with Crippen molar-refractivity contribution in [3.05, 3.63) is 54.6 Å². The summed E-state index contributed by atoms with van der Waals surface area (Å²) in [5.41, 5.74) is 1.91. The van der Waals surface area contributed by atoms with E-state index in [-0.39, 0.29) is 12.5 Å². The molecule has 1 aliphatic carbocycles. The van der Waals surface area contributed by atoms with Crippen LogP contribution in [0.15, 0.2) is 54.6 Å². The molecule has 1 saturated carbocycles. The SMILES string of the molecule is C[C@@H](OC(=O)COc1ccc(Nc2ccccc2)cc1)C(=O)NCC1CCCCC1. The molecule has 30 heavy (non-hydrogen) atoms. The van der Waals surface area contributed by atoms with Gasteiger partial charge >= 0.3 is 5.97 Å². The molecule has 2 aromatic rings. The molecule has 160 valence electrons. The number of para-hydroxylation sites is 1. The number of esters is 1. The molecular weight excluding hydrogens is 380 g/mol. The van der Waals surface area contributed by atoms with Crippen molar-refractivity contribution in [3.63, 3.8) is 0 Å². The quantitative estimate of drug-likeness (QED) is 0.598. The first kappa shape index (κ1) is 21.7. The molecule has 1 atom stereocenters. The number of carbonyl (C=O) groups excluding carboxylic acids is 2. The smallest absolute Gasteiger partial charge is 0.344 e. The molecule has 1 amide bonds. The van der Waals surface area contributed by atoms with E-state index in [1.807, 2.05) is 42.5 Å². The Morgan fingerprint density at radius 2 is 1.63 bits per heavy atom. The number of ether oxygens (including phenoxy) is 2. The highest BCUT2D eigenvalue weighted by Crippen LogP contribution is 2.23. The molecule has 2 aromatic carbocycles. The van der Waals surface area contributed by atoms with Crippen LogP contribution in [0.4, 0.5) is 11.4 Å². The minimum Gasteiger partial charge on any atom is -0.482 e. The molecule has 2 N–H and O–H groups in total. The van der Waals surface area contributed by atoms with Crippen molar-refractivity contribution in [2.24, 2.45) is 5.92 Å². The number of hydrogen-bond acceptors (Lipinski definition) is 5. The van der Waals surface area contributed by atoms with Gasteiger partial charge in [0.1, 0.15) is 5.75 Å². The Hall–Kier alpha value is -3.02. The molecule has 0 spiro atoms.